The lowest BCUT2D eigenvalue weighted by Gasteiger charge is -2.10. The van der Waals surface area contributed by atoms with E-state index in [2.05, 4.69) is 0 Å². The highest BCUT2D eigenvalue weighted by Crippen LogP contribution is 2.27. The molecule has 2 aromatic carbocycles. The van der Waals surface area contributed by atoms with Gasteiger partial charge < -0.3 is 20.1 Å². The van der Waals surface area contributed by atoms with E-state index in [-0.39, 0.29) is 34.1 Å². The fraction of sp³-hybridized carbons (Fsp3) is 0.125. The minimum atomic E-state index is -1.44. The Morgan fingerprint density at radius 1 is 0.792 bits per heavy atom. The van der Waals surface area contributed by atoms with Gasteiger partial charge in [0, 0.05) is 0 Å². The van der Waals surface area contributed by atoms with Gasteiger partial charge in [-0.1, -0.05) is 0 Å². The topological polar surface area (TPSA) is 138 Å². The fourth-order valence-corrected chi connectivity index (χ4v) is 2.27. The molecular weight excluding hydrogens is 320 g/mol. The molecule has 0 radical (unpaired) electrons. The zero-order valence-corrected chi connectivity index (χ0v) is 12.4. The van der Waals surface area contributed by atoms with Crippen molar-refractivity contribution in [3.05, 3.63) is 46.5 Å². The second-order valence-corrected chi connectivity index (χ2v) is 4.78. The Hall–Kier alpha value is -3.42. The number of rotatable bonds is 5. The lowest BCUT2D eigenvalue weighted by atomic mass is 9.94. The van der Waals surface area contributed by atoms with Crippen LogP contribution in [0.2, 0.25) is 0 Å². The van der Waals surface area contributed by atoms with E-state index in [1.807, 2.05) is 0 Å². The normalized spacial score (nSPS) is 10.4. The van der Waals surface area contributed by atoms with Crippen LogP contribution in [-0.2, 0) is 4.74 Å². The molecular formula is C16H12O8. The summed E-state index contributed by atoms with van der Waals surface area (Å²) in [7, 11) is 0. The molecule has 0 aliphatic carbocycles. The molecule has 0 amide bonds. The number of hydrogen-bond acceptors (Lipinski definition) is 5. The quantitative estimate of drug-likeness (QED) is 0.708. The van der Waals surface area contributed by atoms with E-state index >= 15 is 0 Å². The van der Waals surface area contributed by atoms with E-state index in [1.54, 1.807) is 6.92 Å². The van der Waals surface area contributed by atoms with Crippen molar-refractivity contribution in [1.29, 1.82) is 0 Å². The van der Waals surface area contributed by atoms with Gasteiger partial charge in [0.2, 0.25) is 0 Å². The van der Waals surface area contributed by atoms with Crippen molar-refractivity contribution < 1.29 is 39.2 Å². The number of esters is 1. The SMILES string of the molecule is CCOC(=O)c1cc(C(=O)O)c2cc(C(=O)O)cc(C(=O)O)c2c1. The smallest absolute Gasteiger partial charge is 0.338 e. The summed E-state index contributed by atoms with van der Waals surface area (Å²) in [6, 6.07) is 4.17. The minimum Gasteiger partial charge on any atom is -0.478 e. The second kappa shape index (κ2) is 6.37. The summed E-state index contributed by atoms with van der Waals surface area (Å²) in [5.74, 6) is -5.07. The van der Waals surface area contributed by atoms with Crippen LogP contribution in [0.15, 0.2) is 24.3 Å². The maximum atomic E-state index is 11.9. The van der Waals surface area contributed by atoms with Gasteiger partial charge >= 0.3 is 23.9 Å². The summed E-state index contributed by atoms with van der Waals surface area (Å²) in [6.07, 6.45) is 0. The predicted octanol–water partition coefficient (Wildman–Crippen LogP) is 2.11. The van der Waals surface area contributed by atoms with Gasteiger partial charge in [0.15, 0.2) is 0 Å². The van der Waals surface area contributed by atoms with Crippen LogP contribution in [0.25, 0.3) is 10.8 Å². The van der Waals surface area contributed by atoms with Gasteiger partial charge in [-0.25, -0.2) is 19.2 Å². The van der Waals surface area contributed by atoms with Gasteiger partial charge in [-0.3, -0.25) is 0 Å². The molecule has 124 valence electrons. The number of carbonyl (C=O) groups excluding carboxylic acids is 1. The third-order valence-electron chi connectivity index (χ3n) is 3.29. The Morgan fingerprint density at radius 2 is 1.25 bits per heavy atom. The number of carboxylic acids is 3. The highest BCUT2D eigenvalue weighted by Gasteiger charge is 2.21. The van der Waals surface area contributed by atoms with E-state index < -0.39 is 29.4 Å². The van der Waals surface area contributed by atoms with E-state index in [1.165, 1.54) is 6.07 Å². The predicted molar refractivity (Wildman–Crippen MR) is 80.8 cm³/mol. The molecule has 2 aromatic rings. The Labute approximate surface area is 134 Å². The first-order valence-corrected chi connectivity index (χ1v) is 6.75. The fourth-order valence-electron chi connectivity index (χ4n) is 2.27. The van der Waals surface area contributed by atoms with Crippen molar-refractivity contribution >= 4 is 34.6 Å². The van der Waals surface area contributed by atoms with Crippen LogP contribution in [0.4, 0.5) is 0 Å². The molecule has 8 nitrogen and oxygen atoms in total. The summed E-state index contributed by atoms with van der Waals surface area (Å²) in [5.41, 5.74) is -1.31. The van der Waals surface area contributed by atoms with Crippen LogP contribution in [-0.4, -0.2) is 45.8 Å². The van der Waals surface area contributed by atoms with E-state index in [0.717, 1.165) is 18.2 Å². The van der Waals surface area contributed by atoms with Crippen molar-refractivity contribution in [3.63, 3.8) is 0 Å². The molecule has 0 fully saturated rings. The monoisotopic (exact) mass is 332 g/mol. The zero-order chi connectivity index (χ0) is 18.0. The molecule has 0 saturated heterocycles. The van der Waals surface area contributed by atoms with Crippen molar-refractivity contribution in [3.8, 4) is 0 Å². The summed E-state index contributed by atoms with van der Waals surface area (Å²) in [6.45, 7) is 1.63. The number of ether oxygens (including phenoxy) is 1. The average molecular weight is 332 g/mol. The Bertz CT molecular complexity index is 881. The van der Waals surface area contributed by atoms with Crippen LogP contribution < -0.4 is 0 Å². The van der Waals surface area contributed by atoms with E-state index in [4.69, 9.17) is 9.84 Å². The third kappa shape index (κ3) is 3.02. The highest BCUT2D eigenvalue weighted by molar-refractivity contribution is 6.14. The first-order valence-electron chi connectivity index (χ1n) is 6.75. The summed E-state index contributed by atoms with van der Waals surface area (Å²) >= 11 is 0. The minimum absolute atomic E-state index is 0.0585. The molecule has 0 heterocycles. The van der Waals surface area contributed by atoms with Crippen molar-refractivity contribution in [2.24, 2.45) is 0 Å². The molecule has 24 heavy (non-hydrogen) atoms. The molecule has 0 aliphatic heterocycles. The van der Waals surface area contributed by atoms with Crippen molar-refractivity contribution in [2.45, 2.75) is 6.92 Å². The third-order valence-corrected chi connectivity index (χ3v) is 3.29. The molecule has 0 saturated carbocycles. The van der Waals surface area contributed by atoms with Gasteiger partial charge in [0.25, 0.3) is 0 Å². The van der Waals surface area contributed by atoms with Crippen LogP contribution in [0.5, 0.6) is 0 Å². The second-order valence-electron chi connectivity index (χ2n) is 4.78. The van der Waals surface area contributed by atoms with Gasteiger partial charge in [0.05, 0.1) is 28.9 Å². The van der Waals surface area contributed by atoms with Crippen molar-refractivity contribution in [2.75, 3.05) is 6.61 Å². The van der Waals surface area contributed by atoms with Gasteiger partial charge in [-0.15, -0.1) is 0 Å². The number of fused-ring (bicyclic) bond motifs is 1. The Balaban J connectivity index is 2.92. The first kappa shape index (κ1) is 16.9. The molecule has 2 rings (SSSR count). The first-order chi connectivity index (χ1) is 11.3. The van der Waals surface area contributed by atoms with Crippen LogP contribution >= 0.6 is 0 Å². The molecule has 3 N–H and O–H groups in total. The lowest BCUT2D eigenvalue weighted by molar-refractivity contribution is 0.0525. The van der Waals surface area contributed by atoms with E-state index in [9.17, 15) is 29.4 Å². The summed E-state index contributed by atoms with van der Waals surface area (Å²) in [5, 5.41) is 27.6. The molecule has 0 spiro atoms. The Morgan fingerprint density at radius 3 is 1.67 bits per heavy atom. The number of aromatic carboxylic acids is 3. The van der Waals surface area contributed by atoms with E-state index in [0.29, 0.717) is 0 Å². The standard InChI is InChI=1S/C16H12O8/c1-2-24-16(23)8-5-10-9(12(6-8)15(21)22)3-7(13(17)18)4-11(10)14(19)20/h3-6H,2H2,1H3,(H,17,18)(H,19,20)(H,21,22). The molecule has 0 unspecified atom stereocenters. The molecule has 0 bridgehead atoms. The summed E-state index contributed by atoms with van der Waals surface area (Å²) < 4.78 is 4.80. The van der Waals surface area contributed by atoms with Crippen LogP contribution in [0.1, 0.15) is 48.4 Å². The molecule has 0 aromatic heterocycles. The number of carboxylic acid groups (broad SMARTS) is 3. The highest BCUT2D eigenvalue weighted by atomic mass is 16.5. The van der Waals surface area contributed by atoms with Crippen LogP contribution in [0.3, 0.4) is 0 Å². The van der Waals surface area contributed by atoms with Gasteiger partial charge in [-0.2, -0.15) is 0 Å². The number of benzene rings is 2. The molecule has 0 atom stereocenters. The maximum absolute atomic E-state index is 11.9. The Kier molecular flexibility index (Phi) is 4.50. The summed E-state index contributed by atoms with van der Waals surface area (Å²) in [4.78, 5) is 45.9. The zero-order valence-electron chi connectivity index (χ0n) is 12.4. The van der Waals surface area contributed by atoms with Crippen LogP contribution in [0, 0.1) is 0 Å². The lowest BCUT2D eigenvalue weighted by Crippen LogP contribution is -2.10. The van der Waals surface area contributed by atoms with Crippen molar-refractivity contribution in [1.82, 2.24) is 0 Å². The number of hydrogen-bond donors (Lipinski definition) is 3. The average Bonchev–Trinajstić information content (AvgIpc) is 2.52. The van der Waals surface area contributed by atoms with Gasteiger partial charge in [-0.05, 0) is 42.0 Å². The van der Waals surface area contributed by atoms with Gasteiger partial charge in [0.1, 0.15) is 0 Å². The molecule has 8 heteroatoms. The maximum Gasteiger partial charge on any atom is 0.338 e. The molecule has 0 aliphatic rings. The largest absolute Gasteiger partial charge is 0.478 e. The number of carbonyl (C=O) groups is 4.